The fourth-order valence-corrected chi connectivity index (χ4v) is 1.25. The average molecular weight is 189 g/mol. The van der Waals surface area contributed by atoms with Crippen molar-refractivity contribution >= 4 is 10.5 Å². The van der Waals surface area contributed by atoms with Crippen LogP contribution in [0.4, 0.5) is 0 Å². The highest BCUT2D eigenvalue weighted by Crippen LogP contribution is 2.19. The monoisotopic (exact) mass is 189 g/mol. The maximum absolute atomic E-state index is 10.9. The highest BCUT2D eigenvalue weighted by Gasteiger charge is 2.33. The number of nitrogens with two attached hydrogens (primary N) is 1. The van der Waals surface area contributed by atoms with E-state index in [-0.39, 0.29) is 10.6 Å². The quantitative estimate of drug-likeness (QED) is 0.520. The highest BCUT2D eigenvalue weighted by atomic mass is 32.3. The molecule has 0 saturated carbocycles. The molecule has 0 amide bonds. The van der Waals surface area contributed by atoms with Gasteiger partial charge in [0.25, 0.3) is 0 Å². The molecule has 0 bridgehead atoms. The summed E-state index contributed by atoms with van der Waals surface area (Å²) in [5.74, 6) is 4.50. The van der Waals surface area contributed by atoms with E-state index in [9.17, 15) is 8.76 Å². The Kier molecular flexibility index (Phi) is 2.43. The second-order valence-corrected chi connectivity index (χ2v) is 3.62. The van der Waals surface area contributed by atoms with Gasteiger partial charge in [-0.1, -0.05) is 0 Å². The molecule has 0 aromatic heterocycles. The zero-order valence-corrected chi connectivity index (χ0v) is 6.78. The Morgan fingerprint density at radius 3 is 2.25 bits per heavy atom. The lowest BCUT2D eigenvalue weighted by atomic mass is 10.3. The van der Waals surface area contributed by atoms with E-state index in [1.165, 1.54) is 24.3 Å². The Morgan fingerprint density at radius 2 is 1.83 bits per heavy atom. The molecule has 0 spiro atoms. The maximum Gasteiger partial charge on any atom is 0.447 e. The van der Waals surface area contributed by atoms with Crippen LogP contribution in [0, 0.1) is 0 Å². The van der Waals surface area contributed by atoms with Gasteiger partial charge in [0.15, 0.2) is 0 Å². The fourth-order valence-electron chi connectivity index (χ4n) is 0.668. The summed E-state index contributed by atoms with van der Waals surface area (Å²) in [6.07, 6.45) is 0. The molecular weight excluding hydrogens is 182 g/mol. The summed E-state index contributed by atoms with van der Waals surface area (Å²) >= 11 is 0. The lowest BCUT2D eigenvalue weighted by Crippen LogP contribution is -2.16. The van der Waals surface area contributed by atoms with Crippen molar-refractivity contribution in [3.8, 4) is 5.75 Å². The number of rotatable bonds is 2. The Balaban J connectivity index is 3.05. The molecule has 0 fully saturated rings. The molecule has 0 aliphatic heterocycles. The molecule has 65 valence electrons. The van der Waals surface area contributed by atoms with Crippen LogP contribution in [0.15, 0.2) is 29.2 Å². The van der Waals surface area contributed by atoms with Crippen LogP contribution in [0.5, 0.6) is 5.75 Å². The lowest BCUT2D eigenvalue weighted by molar-refractivity contribution is 0.261. The summed E-state index contributed by atoms with van der Waals surface area (Å²) in [5, 5.41) is 8.83. The van der Waals surface area contributed by atoms with Gasteiger partial charge in [0.05, 0.1) is 4.55 Å². The van der Waals surface area contributed by atoms with Crippen molar-refractivity contribution in [2.45, 2.75) is 4.90 Å². The van der Waals surface area contributed by atoms with Crippen molar-refractivity contribution in [2.75, 3.05) is 0 Å². The number of aromatic hydroxyl groups is 1. The largest absolute Gasteiger partial charge is 0.508 e. The molecular formula is C6H7NO4S+. The van der Waals surface area contributed by atoms with Crippen LogP contribution in [-0.4, -0.2) is 5.11 Å². The van der Waals surface area contributed by atoms with E-state index in [1.54, 1.807) is 0 Å². The maximum atomic E-state index is 10.9. The zero-order valence-electron chi connectivity index (χ0n) is 5.97. The van der Waals surface area contributed by atoms with Crippen molar-refractivity contribution in [1.82, 2.24) is 0 Å². The lowest BCUT2D eigenvalue weighted by Gasteiger charge is -1.95. The van der Waals surface area contributed by atoms with Crippen molar-refractivity contribution in [1.29, 1.82) is 0 Å². The highest BCUT2D eigenvalue weighted by molar-refractivity contribution is 7.92. The molecule has 6 heteroatoms. The summed E-state index contributed by atoms with van der Waals surface area (Å²) < 4.78 is 25.5. The van der Waals surface area contributed by atoms with Gasteiger partial charge in [0.1, 0.15) is 5.75 Å². The summed E-state index contributed by atoms with van der Waals surface area (Å²) in [6.45, 7) is 0. The Labute approximate surface area is 70.2 Å². The smallest absolute Gasteiger partial charge is 0.447 e. The predicted molar refractivity (Wildman–Crippen MR) is 40.4 cm³/mol. The molecule has 1 aromatic rings. The first-order valence-electron chi connectivity index (χ1n) is 2.98. The van der Waals surface area contributed by atoms with Gasteiger partial charge in [-0.3, -0.25) is 0 Å². The molecule has 0 saturated heterocycles. The molecule has 0 heterocycles. The third kappa shape index (κ3) is 1.80. The molecule has 0 aliphatic rings. The molecule has 1 aromatic carbocycles. The van der Waals surface area contributed by atoms with Gasteiger partial charge >= 0.3 is 10.5 Å². The molecule has 5 nitrogen and oxygen atoms in total. The number of hydrogen-bond donors (Lipinski definition) is 2. The van der Waals surface area contributed by atoms with Gasteiger partial charge in [-0.05, 0) is 20.6 Å². The van der Waals surface area contributed by atoms with E-state index in [0.29, 0.717) is 0 Å². The van der Waals surface area contributed by atoms with Crippen molar-refractivity contribution in [3.63, 3.8) is 0 Å². The van der Waals surface area contributed by atoms with E-state index in [1.807, 2.05) is 0 Å². The van der Waals surface area contributed by atoms with Crippen LogP contribution in [0.3, 0.4) is 0 Å². The predicted octanol–water partition coefficient (Wildman–Crippen LogP) is 0.401. The summed E-state index contributed by atoms with van der Waals surface area (Å²) in [7, 11) is -3.85. The minimum absolute atomic E-state index is 0.0222. The molecule has 3 N–H and O–H groups in total. The second kappa shape index (κ2) is 3.20. The fraction of sp³-hybridized carbons (Fsp3) is 0. The van der Waals surface area contributed by atoms with Crippen LogP contribution in [0.1, 0.15) is 0 Å². The zero-order chi connectivity index (χ0) is 9.19. The van der Waals surface area contributed by atoms with E-state index in [2.05, 4.69) is 10.2 Å². The Morgan fingerprint density at radius 1 is 1.33 bits per heavy atom. The average Bonchev–Trinajstić information content (AvgIpc) is 2.05. The topological polar surface area (TPSA) is 92.5 Å². The normalized spacial score (nSPS) is 15.5. The van der Waals surface area contributed by atoms with Gasteiger partial charge in [0.2, 0.25) is 4.90 Å². The van der Waals surface area contributed by atoms with Crippen LogP contribution in [0.25, 0.3) is 0 Å². The van der Waals surface area contributed by atoms with Gasteiger partial charge in [-0.15, -0.1) is 0 Å². The van der Waals surface area contributed by atoms with Crippen LogP contribution in [-0.2, 0) is 23.5 Å². The van der Waals surface area contributed by atoms with Crippen molar-refractivity contribution in [3.05, 3.63) is 24.3 Å². The van der Waals surface area contributed by atoms with Crippen molar-refractivity contribution < 1.29 is 18.2 Å². The van der Waals surface area contributed by atoms with Gasteiger partial charge in [-0.2, -0.15) is 5.90 Å². The first kappa shape index (κ1) is 9.14. The minimum atomic E-state index is -3.85. The van der Waals surface area contributed by atoms with Gasteiger partial charge < -0.3 is 5.11 Å². The van der Waals surface area contributed by atoms with Gasteiger partial charge in [-0.25, -0.2) is 0 Å². The Bertz CT molecular complexity index is 310. The third-order valence-corrected chi connectivity index (χ3v) is 2.35. The number of hydrogen-bond acceptors (Lipinski definition) is 4. The van der Waals surface area contributed by atoms with E-state index in [4.69, 9.17) is 5.11 Å². The summed E-state index contributed by atoms with van der Waals surface area (Å²) in [5.41, 5.74) is 0. The molecule has 1 radical (unpaired) electrons. The molecule has 1 atom stereocenters. The molecule has 1 unspecified atom stereocenters. The van der Waals surface area contributed by atoms with Crippen LogP contribution >= 0.6 is 0 Å². The summed E-state index contributed by atoms with van der Waals surface area (Å²) in [6, 6.07) is 4.84. The van der Waals surface area contributed by atoms with Gasteiger partial charge in [0, 0.05) is 12.1 Å². The Hall–Kier alpha value is -0.950. The van der Waals surface area contributed by atoms with E-state index >= 15 is 0 Å². The minimum Gasteiger partial charge on any atom is -0.508 e. The second-order valence-electron chi connectivity index (χ2n) is 2.04. The standard InChI is InChI=1S/C6H7NO4S/c7-11-12(9,10)6-3-1-5(8)2-4-6/h1-4,8H,7H2/q+1. The molecule has 0 aliphatic carbocycles. The van der Waals surface area contributed by atoms with Crippen LogP contribution < -0.4 is 5.90 Å². The number of benzene rings is 1. The van der Waals surface area contributed by atoms with Crippen LogP contribution in [0.2, 0.25) is 0 Å². The molecule has 1 rings (SSSR count). The first-order chi connectivity index (χ1) is 5.56. The molecule has 12 heavy (non-hydrogen) atoms. The van der Waals surface area contributed by atoms with E-state index in [0.717, 1.165) is 0 Å². The third-order valence-electron chi connectivity index (χ3n) is 1.25. The van der Waals surface area contributed by atoms with Crippen molar-refractivity contribution in [2.24, 2.45) is 5.90 Å². The SMILES string of the molecule is NO[S+]([O])(=O)c1ccc(O)cc1. The van der Waals surface area contributed by atoms with E-state index < -0.39 is 10.5 Å². The first-order valence-corrected chi connectivity index (χ1v) is 4.39. The number of phenolic OH excluding ortho intramolecular Hbond substituents is 1. The summed E-state index contributed by atoms with van der Waals surface area (Å²) in [4.78, 5) is -0.0946. The number of phenols is 1.